The lowest BCUT2D eigenvalue weighted by Crippen LogP contribution is -2.49. The Kier molecular flexibility index (Phi) is 9.46. The molecule has 1 aliphatic rings. The summed E-state index contributed by atoms with van der Waals surface area (Å²) < 4.78 is 10.1. The lowest BCUT2D eigenvalue weighted by molar-refractivity contribution is -0.144. The van der Waals surface area contributed by atoms with E-state index in [2.05, 4.69) is 10.6 Å². The summed E-state index contributed by atoms with van der Waals surface area (Å²) in [5.41, 5.74) is 1.93. The molecular formula is C25H37N3O6. The molecule has 0 spiro atoms. The number of nitrogens with zero attached hydrogens (tertiary/aromatic N) is 1. The van der Waals surface area contributed by atoms with Gasteiger partial charge in [0.25, 0.3) is 0 Å². The highest BCUT2D eigenvalue weighted by Gasteiger charge is 2.41. The van der Waals surface area contributed by atoms with E-state index < -0.39 is 23.7 Å². The number of carbonyl (C=O) groups is 4. The summed E-state index contributed by atoms with van der Waals surface area (Å²) in [5, 5.41) is 5.29. The Hall–Kier alpha value is -3.10. The predicted molar refractivity (Wildman–Crippen MR) is 127 cm³/mol. The molecule has 9 nitrogen and oxygen atoms in total. The number of aryl methyl sites for hydroxylation is 1. The average molecular weight is 476 g/mol. The van der Waals surface area contributed by atoms with Crippen molar-refractivity contribution in [2.75, 3.05) is 19.7 Å². The van der Waals surface area contributed by atoms with E-state index in [4.69, 9.17) is 9.47 Å². The van der Waals surface area contributed by atoms with Gasteiger partial charge in [-0.25, -0.2) is 4.79 Å². The predicted octanol–water partition coefficient (Wildman–Crippen LogP) is 2.93. The highest BCUT2D eigenvalue weighted by molar-refractivity contribution is 5.91. The number of alkyl carbamates (subject to hydrolysis) is 1. The molecule has 34 heavy (non-hydrogen) atoms. The van der Waals surface area contributed by atoms with E-state index in [-0.39, 0.29) is 44.0 Å². The molecule has 1 unspecified atom stereocenters. The highest BCUT2D eigenvalue weighted by atomic mass is 16.6. The zero-order chi connectivity index (χ0) is 25.5. The summed E-state index contributed by atoms with van der Waals surface area (Å²) in [5.74, 6) is -1.15. The van der Waals surface area contributed by atoms with Crippen LogP contribution >= 0.6 is 0 Å². The fourth-order valence-corrected chi connectivity index (χ4v) is 3.57. The second-order valence-corrected chi connectivity index (χ2v) is 9.43. The zero-order valence-electron chi connectivity index (χ0n) is 21.0. The number of nitrogens with one attached hydrogen (secondary N) is 2. The Morgan fingerprint density at radius 3 is 2.38 bits per heavy atom. The van der Waals surface area contributed by atoms with E-state index in [9.17, 15) is 19.2 Å². The molecule has 1 aliphatic carbocycles. The summed E-state index contributed by atoms with van der Waals surface area (Å²) in [6.07, 6.45) is 0.890. The fourth-order valence-electron chi connectivity index (χ4n) is 3.57. The number of hydrogen-bond donors (Lipinski definition) is 2. The average Bonchev–Trinajstić information content (AvgIpc) is 3.56. The van der Waals surface area contributed by atoms with Crippen LogP contribution in [0.5, 0.6) is 0 Å². The van der Waals surface area contributed by atoms with Crippen LogP contribution in [0, 0.1) is 13.8 Å². The molecule has 1 saturated carbocycles. The van der Waals surface area contributed by atoms with Crippen molar-refractivity contribution < 1.29 is 28.7 Å². The Bertz CT molecular complexity index is 904. The molecule has 3 amide bonds. The summed E-state index contributed by atoms with van der Waals surface area (Å²) in [4.78, 5) is 52.0. The standard InChI is InChI=1S/C25H37N3O6/c1-7-33-21(30)13-14-26-23(31)22(19-10-8-9-16(2)17(19)3)28(18-11-12-18)20(29)15-27-24(32)34-25(4,5)6/h8-10,18,22H,7,11-15H2,1-6H3,(H,26,31)(H,27,32). The van der Waals surface area contributed by atoms with Gasteiger partial charge in [0, 0.05) is 12.6 Å². The van der Waals surface area contributed by atoms with Gasteiger partial charge in [0.2, 0.25) is 11.8 Å². The van der Waals surface area contributed by atoms with Crippen LogP contribution in [-0.2, 0) is 23.9 Å². The fraction of sp³-hybridized carbons (Fsp3) is 0.600. The van der Waals surface area contributed by atoms with Crippen molar-refractivity contribution in [3.05, 3.63) is 34.9 Å². The van der Waals surface area contributed by atoms with E-state index in [0.717, 1.165) is 24.0 Å². The second kappa shape index (κ2) is 11.9. The smallest absolute Gasteiger partial charge is 0.408 e. The molecule has 2 N–H and O–H groups in total. The number of rotatable bonds is 10. The Balaban J connectivity index is 2.24. The summed E-state index contributed by atoms with van der Waals surface area (Å²) in [6.45, 7) is 10.9. The first-order valence-electron chi connectivity index (χ1n) is 11.7. The molecule has 1 atom stereocenters. The number of benzene rings is 1. The lowest BCUT2D eigenvalue weighted by Gasteiger charge is -2.33. The first kappa shape index (κ1) is 27.1. The van der Waals surface area contributed by atoms with Crippen LogP contribution in [-0.4, -0.2) is 60.1 Å². The molecule has 2 rings (SSSR count). The third-order valence-corrected chi connectivity index (χ3v) is 5.41. The topological polar surface area (TPSA) is 114 Å². The van der Waals surface area contributed by atoms with Crippen LogP contribution in [0.2, 0.25) is 0 Å². The monoisotopic (exact) mass is 475 g/mol. The Morgan fingerprint density at radius 2 is 1.79 bits per heavy atom. The largest absolute Gasteiger partial charge is 0.466 e. The van der Waals surface area contributed by atoms with Crippen LogP contribution in [0.3, 0.4) is 0 Å². The van der Waals surface area contributed by atoms with Gasteiger partial charge >= 0.3 is 12.1 Å². The van der Waals surface area contributed by atoms with Crippen molar-refractivity contribution in [1.82, 2.24) is 15.5 Å². The van der Waals surface area contributed by atoms with Gasteiger partial charge < -0.3 is 25.0 Å². The van der Waals surface area contributed by atoms with E-state index in [1.54, 1.807) is 32.6 Å². The molecule has 0 heterocycles. The Labute approximate surface area is 201 Å². The van der Waals surface area contributed by atoms with Gasteiger partial charge in [0.1, 0.15) is 18.2 Å². The molecule has 0 radical (unpaired) electrons. The molecule has 0 aliphatic heterocycles. The summed E-state index contributed by atoms with van der Waals surface area (Å²) >= 11 is 0. The summed E-state index contributed by atoms with van der Waals surface area (Å²) in [6, 6.07) is 4.64. The van der Waals surface area contributed by atoms with E-state index in [1.165, 1.54) is 0 Å². The third-order valence-electron chi connectivity index (χ3n) is 5.41. The Morgan fingerprint density at radius 1 is 1.12 bits per heavy atom. The minimum absolute atomic E-state index is 0.0384. The minimum atomic E-state index is -0.887. The van der Waals surface area contributed by atoms with Crippen LogP contribution in [0.15, 0.2) is 18.2 Å². The molecule has 0 aromatic heterocycles. The molecule has 188 valence electrons. The molecule has 1 fully saturated rings. The van der Waals surface area contributed by atoms with E-state index in [0.29, 0.717) is 5.56 Å². The summed E-state index contributed by atoms with van der Waals surface area (Å²) in [7, 11) is 0. The van der Waals surface area contributed by atoms with Gasteiger partial charge in [-0.2, -0.15) is 0 Å². The molecule has 1 aromatic carbocycles. The maximum absolute atomic E-state index is 13.4. The van der Waals surface area contributed by atoms with Crippen molar-refractivity contribution >= 4 is 23.9 Å². The quantitative estimate of drug-likeness (QED) is 0.503. The number of ether oxygens (including phenoxy) is 2. The molecular weight excluding hydrogens is 438 g/mol. The maximum atomic E-state index is 13.4. The zero-order valence-corrected chi connectivity index (χ0v) is 21.0. The van der Waals surface area contributed by atoms with Crippen molar-refractivity contribution in [3.63, 3.8) is 0 Å². The van der Waals surface area contributed by atoms with Gasteiger partial charge in [0.05, 0.1) is 13.0 Å². The van der Waals surface area contributed by atoms with E-state index in [1.807, 2.05) is 32.0 Å². The number of carbonyl (C=O) groups excluding carboxylic acids is 4. The molecule has 1 aromatic rings. The minimum Gasteiger partial charge on any atom is -0.466 e. The van der Waals surface area contributed by atoms with E-state index >= 15 is 0 Å². The van der Waals surface area contributed by atoms with Gasteiger partial charge in [-0.1, -0.05) is 18.2 Å². The first-order chi connectivity index (χ1) is 15.9. The van der Waals surface area contributed by atoms with Gasteiger partial charge in [0.15, 0.2) is 0 Å². The van der Waals surface area contributed by atoms with Gasteiger partial charge in [-0.3, -0.25) is 14.4 Å². The lowest BCUT2D eigenvalue weighted by atomic mass is 9.95. The molecule has 0 saturated heterocycles. The van der Waals surface area contributed by atoms with Crippen molar-refractivity contribution in [2.45, 2.75) is 78.5 Å². The van der Waals surface area contributed by atoms with Crippen molar-refractivity contribution in [3.8, 4) is 0 Å². The first-order valence-corrected chi connectivity index (χ1v) is 11.7. The van der Waals surface area contributed by atoms with Crippen LogP contribution < -0.4 is 10.6 Å². The van der Waals surface area contributed by atoms with Crippen LogP contribution in [0.4, 0.5) is 4.79 Å². The second-order valence-electron chi connectivity index (χ2n) is 9.43. The molecule has 0 bridgehead atoms. The number of esters is 1. The van der Waals surface area contributed by atoms with Crippen molar-refractivity contribution in [1.29, 1.82) is 0 Å². The third kappa shape index (κ3) is 8.04. The van der Waals surface area contributed by atoms with Crippen LogP contribution in [0.1, 0.15) is 69.7 Å². The SMILES string of the molecule is CCOC(=O)CCNC(=O)C(c1cccc(C)c1C)N(C(=O)CNC(=O)OC(C)(C)C)C1CC1. The maximum Gasteiger partial charge on any atom is 0.408 e. The number of hydrogen-bond acceptors (Lipinski definition) is 6. The van der Waals surface area contributed by atoms with Gasteiger partial charge in [-0.05, 0) is 71.1 Å². The normalized spacial score (nSPS) is 14.1. The van der Waals surface area contributed by atoms with Crippen molar-refractivity contribution in [2.24, 2.45) is 0 Å². The highest BCUT2D eigenvalue weighted by Crippen LogP contribution is 2.36. The van der Waals surface area contributed by atoms with Gasteiger partial charge in [-0.15, -0.1) is 0 Å². The molecule has 9 heteroatoms. The number of amides is 3. The van der Waals surface area contributed by atoms with Crippen LogP contribution in [0.25, 0.3) is 0 Å².